The number of sulfonamides is 1. The lowest BCUT2D eigenvalue weighted by Crippen LogP contribution is -2.24. The minimum atomic E-state index is -3.66. The Kier molecular flexibility index (Phi) is 6.86. The third-order valence-corrected chi connectivity index (χ3v) is 6.81. The number of aryl methyl sites for hydroxylation is 1. The second kappa shape index (κ2) is 9.40. The van der Waals surface area contributed by atoms with E-state index in [1.54, 1.807) is 25.1 Å². The van der Waals surface area contributed by atoms with Crippen molar-refractivity contribution in [1.29, 1.82) is 0 Å². The van der Waals surface area contributed by atoms with Crippen molar-refractivity contribution in [2.75, 3.05) is 44.0 Å². The molecule has 31 heavy (non-hydrogen) atoms. The molecule has 0 atom stereocenters. The van der Waals surface area contributed by atoms with Crippen molar-refractivity contribution < 1.29 is 22.7 Å². The number of amides is 1. The van der Waals surface area contributed by atoms with Gasteiger partial charge in [0.2, 0.25) is 10.0 Å². The second-order valence-electron chi connectivity index (χ2n) is 7.36. The lowest BCUT2D eigenvalue weighted by Gasteiger charge is -2.15. The molecule has 1 amide bonds. The van der Waals surface area contributed by atoms with E-state index in [0.29, 0.717) is 11.4 Å². The second-order valence-corrected chi connectivity index (χ2v) is 9.48. The smallest absolute Gasteiger partial charge is 0.359 e. The molecule has 10 nitrogen and oxygen atoms in total. The number of anilines is 2. The SMILES string of the molecule is Cc1ccc(NC(=O)COC(=O)c2ccc(N3CCCC3)nn2)cc1S(=O)(=O)N(C)C. The number of carbonyl (C=O) groups excluding carboxylic acids is 2. The number of nitrogens with one attached hydrogen (secondary N) is 1. The van der Waals surface area contributed by atoms with Crippen LogP contribution in [-0.4, -0.2) is 68.6 Å². The molecule has 3 rings (SSSR count). The van der Waals surface area contributed by atoms with Gasteiger partial charge in [-0.25, -0.2) is 17.5 Å². The highest BCUT2D eigenvalue weighted by molar-refractivity contribution is 7.89. The average molecular weight is 448 g/mol. The molecule has 0 radical (unpaired) electrons. The van der Waals surface area contributed by atoms with E-state index in [1.807, 2.05) is 0 Å². The number of hydrogen-bond acceptors (Lipinski definition) is 8. The minimum absolute atomic E-state index is 0.00504. The van der Waals surface area contributed by atoms with Crippen LogP contribution in [0.5, 0.6) is 0 Å². The van der Waals surface area contributed by atoms with Crippen molar-refractivity contribution in [1.82, 2.24) is 14.5 Å². The number of carbonyl (C=O) groups is 2. The van der Waals surface area contributed by atoms with Crippen LogP contribution in [0.1, 0.15) is 28.9 Å². The van der Waals surface area contributed by atoms with Crippen molar-refractivity contribution in [2.45, 2.75) is 24.7 Å². The first kappa shape index (κ1) is 22.6. The summed E-state index contributed by atoms with van der Waals surface area (Å²) in [7, 11) is -0.798. The number of benzene rings is 1. The van der Waals surface area contributed by atoms with Crippen molar-refractivity contribution in [2.24, 2.45) is 0 Å². The Morgan fingerprint density at radius 1 is 1.13 bits per heavy atom. The Balaban J connectivity index is 1.58. The molecule has 0 aliphatic carbocycles. The quantitative estimate of drug-likeness (QED) is 0.633. The molecule has 1 N–H and O–H groups in total. The molecule has 2 heterocycles. The van der Waals surface area contributed by atoms with Crippen LogP contribution in [0.4, 0.5) is 11.5 Å². The fourth-order valence-corrected chi connectivity index (χ4v) is 4.25. The maximum Gasteiger partial charge on any atom is 0.359 e. The molecule has 0 spiro atoms. The van der Waals surface area contributed by atoms with Gasteiger partial charge in [0.05, 0.1) is 4.90 Å². The highest BCUT2D eigenvalue weighted by Gasteiger charge is 2.21. The molecule has 1 aromatic carbocycles. The van der Waals surface area contributed by atoms with Gasteiger partial charge in [0.1, 0.15) is 0 Å². The van der Waals surface area contributed by atoms with Gasteiger partial charge in [0.15, 0.2) is 18.1 Å². The maximum absolute atomic E-state index is 12.4. The van der Waals surface area contributed by atoms with Crippen LogP contribution in [0.2, 0.25) is 0 Å². The van der Waals surface area contributed by atoms with Gasteiger partial charge in [0, 0.05) is 32.9 Å². The molecule has 166 valence electrons. The number of nitrogens with zero attached hydrogens (tertiary/aromatic N) is 4. The lowest BCUT2D eigenvalue weighted by atomic mass is 10.2. The van der Waals surface area contributed by atoms with Gasteiger partial charge >= 0.3 is 5.97 Å². The van der Waals surface area contributed by atoms with Crippen molar-refractivity contribution in [3.63, 3.8) is 0 Å². The number of hydrogen-bond donors (Lipinski definition) is 1. The number of rotatable bonds is 7. The molecule has 0 bridgehead atoms. The van der Waals surface area contributed by atoms with E-state index in [-0.39, 0.29) is 16.3 Å². The van der Waals surface area contributed by atoms with Crippen LogP contribution in [0.15, 0.2) is 35.2 Å². The summed E-state index contributed by atoms with van der Waals surface area (Å²) in [4.78, 5) is 26.5. The van der Waals surface area contributed by atoms with E-state index in [9.17, 15) is 18.0 Å². The maximum atomic E-state index is 12.4. The van der Waals surface area contributed by atoms with Crippen LogP contribution in [0.25, 0.3) is 0 Å². The van der Waals surface area contributed by atoms with Gasteiger partial charge in [-0.3, -0.25) is 4.79 Å². The molecule has 1 aliphatic rings. The van der Waals surface area contributed by atoms with E-state index in [2.05, 4.69) is 20.4 Å². The first-order chi connectivity index (χ1) is 14.7. The summed E-state index contributed by atoms with van der Waals surface area (Å²) in [6, 6.07) is 7.75. The predicted molar refractivity (Wildman–Crippen MR) is 114 cm³/mol. The summed E-state index contributed by atoms with van der Waals surface area (Å²) >= 11 is 0. The normalized spacial score (nSPS) is 14.0. The first-order valence-corrected chi connectivity index (χ1v) is 11.2. The first-order valence-electron chi connectivity index (χ1n) is 9.77. The fourth-order valence-electron chi connectivity index (χ4n) is 3.10. The van der Waals surface area contributed by atoms with Gasteiger partial charge in [-0.1, -0.05) is 6.07 Å². The molecule has 1 aromatic heterocycles. The Bertz CT molecular complexity index is 1060. The van der Waals surface area contributed by atoms with Gasteiger partial charge in [-0.05, 0) is 49.6 Å². The largest absolute Gasteiger partial charge is 0.451 e. The van der Waals surface area contributed by atoms with E-state index < -0.39 is 28.5 Å². The molecular formula is C20H25N5O5S. The molecular weight excluding hydrogens is 422 g/mol. The third kappa shape index (κ3) is 5.36. The van der Waals surface area contributed by atoms with Gasteiger partial charge < -0.3 is 15.0 Å². The summed E-state index contributed by atoms with van der Waals surface area (Å²) in [6.07, 6.45) is 2.20. The Morgan fingerprint density at radius 2 is 1.84 bits per heavy atom. The molecule has 0 saturated carbocycles. The summed E-state index contributed by atoms with van der Waals surface area (Å²) in [5.41, 5.74) is 0.835. The predicted octanol–water partition coefficient (Wildman–Crippen LogP) is 1.43. The standard InChI is InChI=1S/C20H25N5O5S/c1-14-6-7-15(12-17(14)31(28,29)24(2)3)21-19(26)13-30-20(27)16-8-9-18(23-22-16)25-10-4-5-11-25/h6-9,12H,4-5,10-11,13H2,1-3H3,(H,21,26). The zero-order chi connectivity index (χ0) is 22.6. The highest BCUT2D eigenvalue weighted by Crippen LogP contribution is 2.22. The highest BCUT2D eigenvalue weighted by atomic mass is 32.2. The molecule has 11 heteroatoms. The van der Waals surface area contributed by atoms with Crippen LogP contribution in [-0.2, 0) is 19.6 Å². The monoisotopic (exact) mass is 447 g/mol. The lowest BCUT2D eigenvalue weighted by molar-refractivity contribution is -0.119. The summed E-state index contributed by atoms with van der Waals surface area (Å²) < 4.78 is 30.9. The topological polar surface area (TPSA) is 122 Å². The van der Waals surface area contributed by atoms with E-state index in [4.69, 9.17) is 4.74 Å². The Morgan fingerprint density at radius 3 is 2.45 bits per heavy atom. The molecule has 1 aliphatic heterocycles. The van der Waals surface area contributed by atoms with Crippen LogP contribution in [0.3, 0.4) is 0 Å². The number of aromatic nitrogens is 2. The fraction of sp³-hybridized carbons (Fsp3) is 0.400. The average Bonchev–Trinajstić information content (AvgIpc) is 3.28. The zero-order valence-electron chi connectivity index (χ0n) is 17.7. The Hall–Kier alpha value is -3.05. The molecule has 1 saturated heterocycles. The summed E-state index contributed by atoms with van der Waals surface area (Å²) in [6.45, 7) is 2.95. The minimum Gasteiger partial charge on any atom is -0.451 e. The van der Waals surface area contributed by atoms with Gasteiger partial charge in [0.25, 0.3) is 5.91 Å². The summed E-state index contributed by atoms with van der Waals surface area (Å²) in [5, 5.41) is 10.5. The molecule has 1 fully saturated rings. The van der Waals surface area contributed by atoms with Crippen molar-refractivity contribution in [3.05, 3.63) is 41.6 Å². The van der Waals surface area contributed by atoms with E-state index in [1.165, 1.54) is 26.2 Å². The Labute approximate surface area is 181 Å². The molecule has 2 aromatic rings. The van der Waals surface area contributed by atoms with Gasteiger partial charge in [-0.15, -0.1) is 10.2 Å². The number of ether oxygens (including phenoxy) is 1. The van der Waals surface area contributed by atoms with Crippen molar-refractivity contribution in [3.8, 4) is 0 Å². The molecule has 0 unspecified atom stereocenters. The van der Waals surface area contributed by atoms with Crippen LogP contribution in [0, 0.1) is 6.92 Å². The van der Waals surface area contributed by atoms with Gasteiger partial charge in [-0.2, -0.15) is 0 Å². The van der Waals surface area contributed by atoms with Crippen LogP contribution < -0.4 is 10.2 Å². The van der Waals surface area contributed by atoms with Crippen LogP contribution >= 0.6 is 0 Å². The third-order valence-electron chi connectivity index (χ3n) is 4.85. The van der Waals surface area contributed by atoms with E-state index in [0.717, 1.165) is 30.2 Å². The zero-order valence-corrected chi connectivity index (χ0v) is 18.5. The van der Waals surface area contributed by atoms with Crippen molar-refractivity contribution >= 4 is 33.4 Å². The number of esters is 1. The summed E-state index contributed by atoms with van der Waals surface area (Å²) in [5.74, 6) is -0.669. The van der Waals surface area contributed by atoms with E-state index >= 15 is 0 Å².